The van der Waals surface area contributed by atoms with Crippen LogP contribution in [0.1, 0.15) is 5.69 Å². The summed E-state index contributed by atoms with van der Waals surface area (Å²) >= 11 is 0. The Hall–Kier alpha value is -1.79. The van der Waals surface area contributed by atoms with E-state index in [4.69, 9.17) is 5.21 Å². The molecule has 7 heteroatoms. The number of rotatable bonds is 1. The Labute approximate surface area is 60.0 Å². The number of nitrogens with zero attached hydrogens (tertiary/aromatic N) is 2. The number of aromatic nitrogens is 2. The fourth-order valence-corrected chi connectivity index (χ4v) is 0.739. The van der Waals surface area contributed by atoms with Gasteiger partial charge in [0.2, 0.25) is 0 Å². The van der Waals surface area contributed by atoms with Crippen LogP contribution in [-0.2, 0) is 0 Å². The monoisotopic (exact) mass is 159 g/mol. The second-order valence-corrected chi connectivity index (χ2v) is 1.95. The molecule has 0 saturated carbocycles. The van der Waals surface area contributed by atoms with Gasteiger partial charge in [-0.3, -0.25) is 4.98 Å². The van der Waals surface area contributed by atoms with Gasteiger partial charge in [0.25, 0.3) is 0 Å². The molecule has 0 aliphatic carbocycles. The summed E-state index contributed by atoms with van der Waals surface area (Å²) < 4.78 is -0.0324. The van der Waals surface area contributed by atoms with Crippen LogP contribution < -0.4 is 5.69 Å². The molecule has 60 valence electrons. The van der Waals surface area contributed by atoms with Crippen molar-refractivity contribution >= 4 is 5.82 Å². The highest BCUT2D eigenvalue weighted by atomic mass is 16.6. The number of nitro groups is 1. The van der Waals surface area contributed by atoms with Crippen molar-refractivity contribution in [2.75, 3.05) is 0 Å². The van der Waals surface area contributed by atoms with Crippen LogP contribution in [0.4, 0.5) is 5.82 Å². The van der Waals surface area contributed by atoms with Crippen molar-refractivity contribution in [1.29, 1.82) is 0 Å². The van der Waals surface area contributed by atoms with Gasteiger partial charge >= 0.3 is 11.5 Å². The zero-order valence-corrected chi connectivity index (χ0v) is 5.57. The summed E-state index contributed by atoms with van der Waals surface area (Å²) in [5, 5.41) is 18.8. The van der Waals surface area contributed by atoms with E-state index in [1.165, 1.54) is 6.92 Å². The predicted molar refractivity (Wildman–Crippen MR) is 33.6 cm³/mol. The standard InChI is InChI=1S/C4H5N3O4/c1-2-3(7(10)11)6(9)4(8)5-2/h9H,1H3,(H,5,8). The third-order valence-corrected chi connectivity index (χ3v) is 1.20. The molecular formula is C4H5N3O4. The van der Waals surface area contributed by atoms with Crippen molar-refractivity contribution < 1.29 is 10.1 Å². The van der Waals surface area contributed by atoms with Crippen LogP contribution in [-0.4, -0.2) is 19.8 Å². The maximum Gasteiger partial charge on any atom is 0.452 e. The lowest BCUT2D eigenvalue weighted by molar-refractivity contribution is -0.397. The van der Waals surface area contributed by atoms with Crippen LogP contribution in [0.2, 0.25) is 0 Å². The fraction of sp³-hybridized carbons (Fsp3) is 0.250. The molecule has 0 atom stereocenters. The Morgan fingerprint density at radius 3 is 2.45 bits per heavy atom. The smallest absolute Gasteiger partial charge is 0.358 e. The third kappa shape index (κ3) is 0.955. The van der Waals surface area contributed by atoms with Crippen LogP contribution in [0.15, 0.2) is 4.79 Å². The van der Waals surface area contributed by atoms with Gasteiger partial charge in [-0.05, 0) is 11.8 Å². The summed E-state index contributed by atoms with van der Waals surface area (Å²) in [5.41, 5.74) is -0.878. The van der Waals surface area contributed by atoms with E-state index in [0.29, 0.717) is 0 Å². The second kappa shape index (κ2) is 2.11. The largest absolute Gasteiger partial charge is 0.452 e. The predicted octanol–water partition coefficient (Wildman–Crippen LogP) is -0.370. The first kappa shape index (κ1) is 7.32. The molecule has 0 aliphatic rings. The molecule has 0 aromatic carbocycles. The van der Waals surface area contributed by atoms with Crippen molar-refractivity contribution in [1.82, 2.24) is 9.71 Å². The normalized spacial score (nSPS) is 9.91. The molecule has 1 aromatic heterocycles. The maximum absolute atomic E-state index is 10.5. The van der Waals surface area contributed by atoms with E-state index in [-0.39, 0.29) is 10.4 Å². The molecule has 0 saturated heterocycles. The molecule has 0 fully saturated rings. The summed E-state index contributed by atoms with van der Waals surface area (Å²) in [6, 6.07) is 0. The summed E-state index contributed by atoms with van der Waals surface area (Å²) in [6.45, 7) is 1.33. The second-order valence-electron chi connectivity index (χ2n) is 1.95. The van der Waals surface area contributed by atoms with Crippen LogP contribution in [0.5, 0.6) is 0 Å². The van der Waals surface area contributed by atoms with Gasteiger partial charge in [-0.15, -0.1) is 0 Å². The Bertz CT molecular complexity index is 349. The van der Waals surface area contributed by atoms with Crippen LogP contribution >= 0.6 is 0 Å². The van der Waals surface area contributed by atoms with E-state index in [1.54, 1.807) is 0 Å². The molecule has 0 radical (unpaired) electrons. The van der Waals surface area contributed by atoms with Gasteiger partial charge in [-0.25, -0.2) is 4.79 Å². The summed E-state index contributed by atoms with van der Waals surface area (Å²) in [6.07, 6.45) is 0. The number of imidazole rings is 1. The average molecular weight is 159 g/mol. The van der Waals surface area contributed by atoms with Crippen LogP contribution in [0, 0.1) is 17.0 Å². The summed E-state index contributed by atoms with van der Waals surface area (Å²) in [5.74, 6) is -0.630. The molecule has 0 spiro atoms. The van der Waals surface area contributed by atoms with Crippen LogP contribution in [0.25, 0.3) is 0 Å². The summed E-state index contributed by atoms with van der Waals surface area (Å²) in [7, 11) is 0. The number of hydrogen-bond donors (Lipinski definition) is 2. The van der Waals surface area contributed by atoms with Crippen molar-refractivity contribution in [3.63, 3.8) is 0 Å². The van der Waals surface area contributed by atoms with Crippen molar-refractivity contribution in [3.05, 3.63) is 26.3 Å². The van der Waals surface area contributed by atoms with E-state index in [1.807, 2.05) is 0 Å². The zero-order valence-electron chi connectivity index (χ0n) is 5.57. The molecule has 0 aliphatic heterocycles. The lowest BCUT2D eigenvalue weighted by Gasteiger charge is -1.90. The number of H-pyrrole nitrogens is 1. The Morgan fingerprint density at radius 2 is 2.27 bits per heavy atom. The first-order chi connectivity index (χ1) is 5.04. The number of hydrogen-bond acceptors (Lipinski definition) is 4. The Kier molecular flexibility index (Phi) is 1.41. The highest BCUT2D eigenvalue weighted by molar-refractivity contribution is 5.24. The molecule has 0 bridgehead atoms. The van der Waals surface area contributed by atoms with Gasteiger partial charge in [0, 0.05) is 4.73 Å². The molecule has 0 amide bonds. The maximum atomic E-state index is 10.5. The van der Waals surface area contributed by atoms with Crippen LogP contribution in [0.3, 0.4) is 0 Å². The number of nitrogens with one attached hydrogen (secondary N) is 1. The van der Waals surface area contributed by atoms with Gasteiger partial charge in [-0.1, -0.05) is 0 Å². The van der Waals surface area contributed by atoms with E-state index < -0.39 is 16.4 Å². The molecule has 1 rings (SSSR count). The van der Waals surface area contributed by atoms with E-state index >= 15 is 0 Å². The van der Waals surface area contributed by atoms with Crippen molar-refractivity contribution in [2.45, 2.75) is 6.92 Å². The quantitative estimate of drug-likeness (QED) is 0.331. The van der Waals surface area contributed by atoms with Gasteiger partial charge < -0.3 is 15.3 Å². The van der Waals surface area contributed by atoms with E-state index in [9.17, 15) is 14.9 Å². The lowest BCUT2D eigenvalue weighted by Crippen LogP contribution is -2.14. The fourth-order valence-electron chi connectivity index (χ4n) is 0.739. The minimum Gasteiger partial charge on any atom is -0.358 e. The lowest BCUT2D eigenvalue weighted by atomic mass is 10.5. The molecule has 1 aromatic rings. The highest BCUT2D eigenvalue weighted by Crippen LogP contribution is 2.09. The van der Waals surface area contributed by atoms with Gasteiger partial charge in [0.1, 0.15) is 5.69 Å². The minimum atomic E-state index is -0.908. The zero-order chi connectivity index (χ0) is 8.59. The molecule has 1 heterocycles. The Balaban J connectivity index is 3.46. The molecule has 7 nitrogen and oxygen atoms in total. The van der Waals surface area contributed by atoms with Crippen molar-refractivity contribution in [3.8, 4) is 0 Å². The average Bonchev–Trinajstić information content (AvgIpc) is 2.07. The number of aryl methyl sites for hydroxylation is 1. The first-order valence-corrected chi connectivity index (χ1v) is 2.69. The van der Waals surface area contributed by atoms with E-state index in [2.05, 4.69) is 4.98 Å². The minimum absolute atomic E-state index is 0.0301. The van der Waals surface area contributed by atoms with E-state index in [0.717, 1.165) is 0 Å². The van der Waals surface area contributed by atoms with Gasteiger partial charge in [0.05, 0.1) is 0 Å². The topological polar surface area (TPSA) is 101 Å². The SMILES string of the molecule is Cc1[nH]c(=O)n(O)c1[N+](=O)[O-]. The summed E-state index contributed by atoms with van der Waals surface area (Å²) in [4.78, 5) is 21.9. The molecule has 2 N–H and O–H groups in total. The highest BCUT2D eigenvalue weighted by Gasteiger charge is 2.20. The molecular weight excluding hydrogens is 154 g/mol. The third-order valence-electron chi connectivity index (χ3n) is 1.20. The molecule has 11 heavy (non-hydrogen) atoms. The molecule has 0 unspecified atom stereocenters. The van der Waals surface area contributed by atoms with Crippen molar-refractivity contribution in [2.24, 2.45) is 0 Å². The first-order valence-electron chi connectivity index (χ1n) is 2.69. The Morgan fingerprint density at radius 1 is 1.73 bits per heavy atom. The van der Waals surface area contributed by atoms with Gasteiger partial charge in [-0.2, -0.15) is 0 Å². The number of aromatic amines is 1. The van der Waals surface area contributed by atoms with Gasteiger partial charge in [0.15, 0.2) is 0 Å².